The van der Waals surface area contributed by atoms with Crippen molar-refractivity contribution in [1.29, 1.82) is 0 Å². The molecule has 27 heavy (non-hydrogen) atoms. The summed E-state index contributed by atoms with van der Waals surface area (Å²) < 4.78 is 28.2. The van der Waals surface area contributed by atoms with Crippen LogP contribution in [0.15, 0.2) is 18.2 Å². The lowest BCUT2D eigenvalue weighted by Gasteiger charge is -2.23. The van der Waals surface area contributed by atoms with Gasteiger partial charge in [-0.2, -0.15) is 0 Å². The fraction of sp³-hybridized carbons (Fsp3) is 0.529. The Kier molecular flexibility index (Phi) is 6.94. The molecule has 10 heteroatoms. The lowest BCUT2D eigenvalue weighted by atomic mass is 10.0. The molecule has 0 bridgehead atoms. The maximum absolute atomic E-state index is 12.7. The topological polar surface area (TPSA) is 114 Å². The molecule has 2 rings (SSSR count). The number of nitrogens with one attached hydrogen (secondary N) is 3. The van der Waals surface area contributed by atoms with Gasteiger partial charge in [0.25, 0.3) is 0 Å². The number of hydrogen-bond acceptors (Lipinski definition) is 5. The second-order valence-electron chi connectivity index (χ2n) is 6.77. The molecule has 1 aliphatic rings. The third kappa shape index (κ3) is 6.00. The molecule has 2 atom stereocenters. The number of methoxy groups -OCH3 is 1. The Labute approximate surface area is 163 Å². The quantitative estimate of drug-likeness (QED) is 0.653. The molecule has 2 unspecified atom stereocenters. The lowest BCUT2D eigenvalue weighted by molar-refractivity contribution is -0.118. The van der Waals surface area contributed by atoms with Crippen LogP contribution >= 0.6 is 11.6 Å². The molecule has 3 N–H and O–H groups in total. The highest BCUT2D eigenvalue weighted by Crippen LogP contribution is 2.28. The summed E-state index contributed by atoms with van der Waals surface area (Å²) in [4.78, 5) is 24.9. The third-order valence-corrected chi connectivity index (χ3v) is 6.23. The van der Waals surface area contributed by atoms with Crippen LogP contribution in [0.5, 0.6) is 5.75 Å². The van der Waals surface area contributed by atoms with Gasteiger partial charge in [-0.15, -0.1) is 0 Å². The Balaban J connectivity index is 2.03. The molecule has 3 amide bonds. The molecule has 1 aliphatic heterocycles. The van der Waals surface area contributed by atoms with Crippen molar-refractivity contribution in [2.75, 3.05) is 23.9 Å². The number of urea groups is 1. The summed E-state index contributed by atoms with van der Waals surface area (Å²) >= 11 is 5.97. The minimum absolute atomic E-state index is 0.0562. The molecule has 1 aromatic rings. The van der Waals surface area contributed by atoms with E-state index in [9.17, 15) is 18.0 Å². The first-order valence-electron chi connectivity index (χ1n) is 8.53. The number of carbonyl (C=O) groups excluding carboxylic acids is 2. The lowest BCUT2D eigenvalue weighted by Crippen LogP contribution is -2.52. The maximum atomic E-state index is 12.7. The van der Waals surface area contributed by atoms with Gasteiger partial charge in [-0.3, -0.25) is 4.79 Å². The highest BCUT2D eigenvalue weighted by molar-refractivity contribution is 7.91. The summed E-state index contributed by atoms with van der Waals surface area (Å²) in [5, 5.41) is 8.37. The Hall–Kier alpha value is -2.00. The van der Waals surface area contributed by atoms with Crippen LogP contribution < -0.4 is 20.7 Å². The number of ether oxygens (including phenoxy) is 1. The van der Waals surface area contributed by atoms with E-state index in [1.807, 2.05) is 0 Å². The Morgan fingerprint density at radius 2 is 2.00 bits per heavy atom. The second-order valence-corrected chi connectivity index (χ2v) is 9.44. The van der Waals surface area contributed by atoms with Gasteiger partial charge < -0.3 is 20.7 Å². The summed E-state index contributed by atoms with van der Waals surface area (Å²) in [6, 6.07) is 2.97. The first kappa shape index (κ1) is 21.3. The maximum Gasteiger partial charge on any atom is 0.315 e. The zero-order chi connectivity index (χ0) is 20.2. The van der Waals surface area contributed by atoms with Crippen LogP contribution in [0.2, 0.25) is 5.02 Å². The van der Waals surface area contributed by atoms with E-state index in [4.69, 9.17) is 16.3 Å². The van der Waals surface area contributed by atoms with E-state index in [2.05, 4.69) is 16.0 Å². The first-order valence-corrected chi connectivity index (χ1v) is 10.7. The molecule has 1 saturated heterocycles. The largest absolute Gasteiger partial charge is 0.495 e. The van der Waals surface area contributed by atoms with E-state index in [0.717, 1.165) is 0 Å². The summed E-state index contributed by atoms with van der Waals surface area (Å²) in [5.41, 5.74) is 0.393. The van der Waals surface area contributed by atoms with Gasteiger partial charge in [0.2, 0.25) is 5.91 Å². The molecular formula is C17H24ClN3O5S. The highest BCUT2D eigenvalue weighted by atomic mass is 35.5. The molecular weight excluding hydrogens is 394 g/mol. The van der Waals surface area contributed by atoms with Crippen molar-refractivity contribution in [2.24, 2.45) is 5.92 Å². The van der Waals surface area contributed by atoms with Crippen molar-refractivity contribution in [3.63, 3.8) is 0 Å². The van der Waals surface area contributed by atoms with Crippen LogP contribution in [0.4, 0.5) is 10.5 Å². The van der Waals surface area contributed by atoms with Gasteiger partial charge in [-0.25, -0.2) is 13.2 Å². The van der Waals surface area contributed by atoms with Gasteiger partial charge in [0.15, 0.2) is 9.84 Å². The minimum Gasteiger partial charge on any atom is -0.495 e. The molecule has 0 spiro atoms. The zero-order valence-corrected chi connectivity index (χ0v) is 17.0. The van der Waals surface area contributed by atoms with Crippen LogP contribution in [0.1, 0.15) is 20.3 Å². The van der Waals surface area contributed by atoms with Gasteiger partial charge in [-0.05, 0) is 30.5 Å². The van der Waals surface area contributed by atoms with Crippen LogP contribution in [0.25, 0.3) is 0 Å². The molecule has 150 valence electrons. The van der Waals surface area contributed by atoms with E-state index in [1.54, 1.807) is 32.0 Å². The van der Waals surface area contributed by atoms with Crippen molar-refractivity contribution >= 4 is 39.1 Å². The molecule has 0 radical (unpaired) electrons. The Morgan fingerprint density at radius 1 is 1.30 bits per heavy atom. The predicted molar refractivity (Wildman–Crippen MR) is 104 cm³/mol. The molecule has 0 aromatic heterocycles. The number of carbonyl (C=O) groups is 2. The van der Waals surface area contributed by atoms with Crippen LogP contribution in [-0.2, 0) is 14.6 Å². The Morgan fingerprint density at radius 3 is 2.56 bits per heavy atom. The van der Waals surface area contributed by atoms with Gasteiger partial charge in [0.1, 0.15) is 11.8 Å². The average Bonchev–Trinajstić information content (AvgIpc) is 2.91. The summed E-state index contributed by atoms with van der Waals surface area (Å²) in [7, 11) is -1.63. The summed E-state index contributed by atoms with van der Waals surface area (Å²) in [6.45, 7) is 3.58. The number of rotatable bonds is 6. The molecule has 1 fully saturated rings. The third-order valence-electron chi connectivity index (χ3n) is 4.22. The van der Waals surface area contributed by atoms with Crippen molar-refractivity contribution in [3.8, 4) is 5.75 Å². The van der Waals surface area contributed by atoms with E-state index >= 15 is 0 Å². The first-order chi connectivity index (χ1) is 12.6. The van der Waals surface area contributed by atoms with E-state index in [0.29, 0.717) is 22.9 Å². The van der Waals surface area contributed by atoms with Crippen molar-refractivity contribution in [2.45, 2.75) is 32.4 Å². The Bertz CT molecular complexity index is 813. The monoisotopic (exact) mass is 417 g/mol. The average molecular weight is 418 g/mol. The summed E-state index contributed by atoms with van der Waals surface area (Å²) in [5.74, 6) is -0.219. The number of benzene rings is 1. The fourth-order valence-corrected chi connectivity index (χ4v) is 4.65. The standard InChI is InChI=1S/C17H24ClN3O5S/c1-10(2)15(21-17(23)19-12-6-7-27(24,25)9-12)16(22)20-13-8-11(18)4-5-14(13)26-3/h4-5,8,10,12,15H,6-7,9H2,1-3H3,(H,20,22)(H2,19,21,23). The van der Waals surface area contributed by atoms with Crippen LogP contribution in [0.3, 0.4) is 0 Å². The number of hydrogen-bond donors (Lipinski definition) is 3. The van der Waals surface area contributed by atoms with Gasteiger partial charge >= 0.3 is 6.03 Å². The zero-order valence-electron chi connectivity index (χ0n) is 15.4. The smallest absolute Gasteiger partial charge is 0.315 e. The fourth-order valence-electron chi connectivity index (χ4n) is 2.80. The van der Waals surface area contributed by atoms with Crippen molar-refractivity contribution < 1.29 is 22.7 Å². The van der Waals surface area contributed by atoms with E-state index in [-0.39, 0.29) is 17.4 Å². The molecule has 8 nitrogen and oxygen atoms in total. The van der Waals surface area contributed by atoms with Crippen molar-refractivity contribution in [1.82, 2.24) is 10.6 Å². The molecule has 1 aromatic carbocycles. The predicted octanol–water partition coefficient (Wildman–Crippen LogP) is 1.80. The number of amides is 3. The second kappa shape index (κ2) is 8.79. The van der Waals surface area contributed by atoms with Crippen LogP contribution in [-0.4, -0.2) is 51.1 Å². The molecule has 0 saturated carbocycles. The van der Waals surface area contributed by atoms with E-state index in [1.165, 1.54) is 7.11 Å². The minimum atomic E-state index is -3.10. The number of halogens is 1. The highest BCUT2D eigenvalue weighted by Gasteiger charge is 2.31. The normalized spacial score (nSPS) is 19.4. The number of anilines is 1. The van der Waals surface area contributed by atoms with Crippen molar-refractivity contribution in [3.05, 3.63) is 23.2 Å². The van der Waals surface area contributed by atoms with Gasteiger partial charge in [0.05, 0.1) is 24.3 Å². The van der Waals surface area contributed by atoms with E-state index < -0.39 is 33.9 Å². The number of sulfone groups is 1. The van der Waals surface area contributed by atoms with Gasteiger partial charge in [-0.1, -0.05) is 25.4 Å². The van der Waals surface area contributed by atoms with Gasteiger partial charge in [0, 0.05) is 11.1 Å². The SMILES string of the molecule is COc1ccc(Cl)cc1NC(=O)C(NC(=O)NC1CCS(=O)(=O)C1)C(C)C. The molecule has 1 heterocycles. The molecule has 0 aliphatic carbocycles. The van der Waals surface area contributed by atoms with Crippen LogP contribution in [0, 0.1) is 5.92 Å². The summed E-state index contributed by atoms with van der Waals surface area (Å²) in [6.07, 6.45) is 0.369.